The van der Waals surface area contributed by atoms with Gasteiger partial charge in [0, 0.05) is 11.5 Å². The number of carbonyl (C=O) groups is 3. The zero-order valence-electron chi connectivity index (χ0n) is 19.3. The highest BCUT2D eigenvalue weighted by Gasteiger charge is 2.42. The molecule has 0 aromatic heterocycles. The average molecular weight is 468 g/mol. The molecule has 2 aromatic carbocycles. The van der Waals surface area contributed by atoms with Gasteiger partial charge in [-0.1, -0.05) is 30.3 Å². The van der Waals surface area contributed by atoms with Gasteiger partial charge < -0.3 is 28.8 Å². The van der Waals surface area contributed by atoms with Gasteiger partial charge in [-0.05, 0) is 23.3 Å². The van der Waals surface area contributed by atoms with E-state index in [0.717, 1.165) is 21.3 Å². The molecule has 0 spiro atoms. The van der Waals surface area contributed by atoms with Gasteiger partial charge in [-0.15, -0.1) is 0 Å². The van der Waals surface area contributed by atoms with Crippen LogP contribution in [0.1, 0.15) is 22.6 Å². The molecule has 0 saturated carbocycles. The van der Waals surface area contributed by atoms with Crippen molar-refractivity contribution in [2.75, 3.05) is 35.5 Å². The van der Waals surface area contributed by atoms with Gasteiger partial charge in [0.1, 0.15) is 11.3 Å². The fourth-order valence-corrected chi connectivity index (χ4v) is 3.96. The third-order valence-electron chi connectivity index (χ3n) is 5.48. The Hall–Kier alpha value is -4.27. The monoisotopic (exact) mass is 468 g/mol. The second-order valence-corrected chi connectivity index (χ2v) is 7.13. The maximum Gasteiger partial charge on any atom is 0.342 e. The third kappa shape index (κ3) is 4.07. The molecular formula is C25H24O9. The number of benzene rings is 2. The van der Waals surface area contributed by atoms with Gasteiger partial charge >= 0.3 is 17.9 Å². The van der Waals surface area contributed by atoms with E-state index >= 15 is 0 Å². The first kappa shape index (κ1) is 24.4. The lowest BCUT2D eigenvalue weighted by Crippen LogP contribution is -2.23. The predicted octanol–water partition coefficient (Wildman–Crippen LogP) is 2.93. The van der Waals surface area contributed by atoms with E-state index in [1.54, 1.807) is 36.4 Å². The molecule has 0 saturated heterocycles. The van der Waals surface area contributed by atoms with Crippen molar-refractivity contribution in [2.45, 2.75) is 5.92 Å². The number of hydrogen-bond donors (Lipinski definition) is 1. The second kappa shape index (κ2) is 10.1. The summed E-state index contributed by atoms with van der Waals surface area (Å²) in [5, 5.41) is 11.3. The Labute approximate surface area is 196 Å². The quantitative estimate of drug-likeness (QED) is 0.504. The van der Waals surface area contributed by atoms with Crippen molar-refractivity contribution >= 4 is 23.7 Å². The van der Waals surface area contributed by atoms with Crippen molar-refractivity contribution in [1.82, 2.24) is 0 Å². The summed E-state index contributed by atoms with van der Waals surface area (Å²) < 4.78 is 25.6. The average Bonchev–Trinajstić information content (AvgIpc) is 2.99. The normalized spacial score (nSPS) is 15.1. The highest BCUT2D eigenvalue weighted by Crippen LogP contribution is 2.47. The van der Waals surface area contributed by atoms with E-state index in [4.69, 9.17) is 23.7 Å². The first-order valence-electron chi connectivity index (χ1n) is 10.1. The van der Waals surface area contributed by atoms with E-state index in [-0.39, 0.29) is 16.9 Å². The molecule has 2 aromatic rings. The lowest BCUT2D eigenvalue weighted by molar-refractivity contribution is -0.140. The maximum absolute atomic E-state index is 13.2. The number of fused-ring (bicyclic) bond motifs is 1. The number of rotatable bonds is 6. The van der Waals surface area contributed by atoms with Crippen molar-refractivity contribution in [3.8, 4) is 11.5 Å². The number of hydrogen-bond acceptors (Lipinski definition) is 9. The molecule has 1 aliphatic rings. The molecule has 9 nitrogen and oxygen atoms in total. The molecule has 0 radical (unpaired) electrons. The largest absolute Gasteiger partial charge is 0.506 e. The minimum Gasteiger partial charge on any atom is -0.506 e. The van der Waals surface area contributed by atoms with E-state index < -0.39 is 40.7 Å². The van der Waals surface area contributed by atoms with E-state index in [1.165, 1.54) is 20.3 Å². The third-order valence-corrected chi connectivity index (χ3v) is 5.48. The topological polar surface area (TPSA) is 118 Å². The van der Waals surface area contributed by atoms with Crippen LogP contribution in [0.3, 0.4) is 0 Å². The number of methoxy groups -OCH3 is 5. The van der Waals surface area contributed by atoms with Crippen LogP contribution < -0.4 is 9.47 Å². The van der Waals surface area contributed by atoms with E-state index in [0.29, 0.717) is 16.9 Å². The Balaban J connectivity index is 2.62. The van der Waals surface area contributed by atoms with Gasteiger partial charge in [0.05, 0.1) is 46.7 Å². The molecule has 9 heteroatoms. The zero-order chi connectivity index (χ0) is 25.0. The predicted molar refractivity (Wildman–Crippen MR) is 120 cm³/mol. The fraction of sp³-hybridized carbons (Fsp3) is 0.240. The van der Waals surface area contributed by atoms with Crippen molar-refractivity contribution in [2.24, 2.45) is 0 Å². The number of aliphatic hydroxyl groups excluding tert-OH is 1. The lowest BCUT2D eigenvalue weighted by atomic mass is 9.81. The first-order chi connectivity index (χ1) is 16.3. The van der Waals surface area contributed by atoms with Crippen molar-refractivity contribution in [1.29, 1.82) is 0 Å². The zero-order valence-corrected chi connectivity index (χ0v) is 19.3. The second-order valence-electron chi connectivity index (χ2n) is 7.13. The number of ether oxygens (including phenoxy) is 5. The van der Waals surface area contributed by atoms with Gasteiger partial charge in [0.15, 0.2) is 11.5 Å². The summed E-state index contributed by atoms with van der Waals surface area (Å²) in [6.07, 6.45) is 0. The Bertz CT molecular complexity index is 1190. The van der Waals surface area contributed by atoms with E-state index in [1.807, 2.05) is 0 Å². The lowest BCUT2D eigenvalue weighted by Gasteiger charge is -2.23. The van der Waals surface area contributed by atoms with Crippen LogP contribution in [0.25, 0.3) is 5.76 Å². The molecule has 0 bridgehead atoms. The van der Waals surface area contributed by atoms with Gasteiger partial charge in [-0.25, -0.2) is 14.4 Å². The minimum absolute atomic E-state index is 0.132. The number of esters is 3. The smallest absolute Gasteiger partial charge is 0.342 e. The van der Waals surface area contributed by atoms with Crippen LogP contribution in [0, 0.1) is 0 Å². The van der Waals surface area contributed by atoms with Crippen LogP contribution in [0.15, 0.2) is 59.2 Å². The molecule has 1 aliphatic carbocycles. The summed E-state index contributed by atoms with van der Waals surface area (Å²) in [5.41, 5.74) is -0.146. The van der Waals surface area contributed by atoms with Crippen molar-refractivity contribution in [3.63, 3.8) is 0 Å². The minimum atomic E-state index is -1.05. The standard InChI is InChI=1S/C25H24O9/c1-30-16-11-14-15(12-17(16)31-2)22(26)21(25(29)34-5)20(24(28)33-4)19(23(27)32-3)18(14)13-9-7-6-8-10-13/h6-12,18,26H,1-5H3/t18-/m1/s1. The molecule has 0 aliphatic heterocycles. The molecule has 0 unspecified atom stereocenters. The maximum atomic E-state index is 13.2. The molecule has 34 heavy (non-hydrogen) atoms. The fourth-order valence-electron chi connectivity index (χ4n) is 3.96. The van der Waals surface area contributed by atoms with E-state index in [2.05, 4.69) is 0 Å². The first-order valence-corrected chi connectivity index (χ1v) is 10.1. The SMILES string of the molecule is COC(=O)C1=C(O)c2cc(OC)c(OC)cc2[C@@H](c2ccccc2)C(C(=O)OC)=C1C(=O)OC. The summed E-state index contributed by atoms with van der Waals surface area (Å²) in [7, 11) is 6.18. The van der Waals surface area contributed by atoms with Gasteiger partial charge in [-0.3, -0.25) is 0 Å². The van der Waals surface area contributed by atoms with Crippen molar-refractivity contribution < 1.29 is 43.2 Å². The Kier molecular flexibility index (Phi) is 7.25. The summed E-state index contributed by atoms with van der Waals surface area (Å²) in [4.78, 5) is 39.1. The van der Waals surface area contributed by atoms with Crippen LogP contribution in [0.2, 0.25) is 0 Å². The highest BCUT2D eigenvalue weighted by atomic mass is 16.5. The Morgan fingerprint density at radius 2 is 1.26 bits per heavy atom. The summed E-state index contributed by atoms with van der Waals surface area (Å²) >= 11 is 0. The van der Waals surface area contributed by atoms with Crippen LogP contribution in [-0.4, -0.2) is 58.6 Å². The summed E-state index contributed by atoms with van der Waals surface area (Å²) in [6.45, 7) is 0. The van der Waals surface area contributed by atoms with Crippen LogP contribution >= 0.6 is 0 Å². The number of carbonyl (C=O) groups excluding carboxylic acids is 3. The van der Waals surface area contributed by atoms with Crippen molar-refractivity contribution in [3.05, 3.63) is 75.9 Å². The Morgan fingerprint density at radius 1 is 0.735 bits per heavy atom. The van der Waals surface area contributed by atoms with Crippen LogP contribution in [-0.2, 0) is 28.6 Å². The van der Waals surface area contributed by atoms with Gasteiger partial charge in [0.25, 0.3) is 0 Å². The summed E-state index contributed by atoms with van der Waals surface area (Å²) in [6, 6.07) is 11.8. The Morgan fingerprint density at radius 3 is 1.79 bits per heavy atom. The summed E-state index contributed by atoms with van der Waals surface area (Å²) in [5.74, 6) is -3.96. The molecule has 0 heterocycles. The van der Waals surface area contributed by atoms with Gasteiger partial charge in [-0.2, -0.15) is 0 Å². The molecule has 0 fully saturated rings. The van der Waals surface area contributed by atoms with Gasteiger partial charge in [0.2, 0.25) is 0 Å². The van der Waals surface area contributed by atoms with E-state index in [9.17, 15) is 19.5 Å². The molecule has 1 atom stereocenters. The number of aliphatic hydroxyl groups is 1. The van der Waals surface area contributed by atoms with Crippen LogP contribution in [0.5, 0.6) is 11.5 Å². The highest BCUT2D eigenvalue weighted by molar-refractivity contribution is 6.16. The van der Waals surface area contributed by atoms with Crippen LogP contribution in [0.4, 0.5) is 0 Å². The molecule has 178 valence electrons. The molecular weight excluding hydrogens is 444 g/mol. The molecule has 3 rings (SSSR count). The molecule has 1 N–H and O–H groups in total. The molecule has 0 amide bonds.